The number of hydrogen-bond donors (Lipinski definition) is 0. The van der Waals surface area contributed by atoms with Gasteiger partial charge in [0.25, 0.3) is 0 Å². The van der Waals surface area contributed by atoms with Gasteiger partial charge >= 0.3 is 5.97 Å². The quantitative estimate of drug-likeness (QED) is 0.509. The average Bonchev–Trinajstić information content (AvgIpc) is 3.18. The fraction of sp³-hybridized carbons (Fsp3) is 0.136. The molecule has 0 radical (unpaired) electrons. The molecule has 0 N–H and O–H groups in total. The smallest absolute Gasteiger partial charge is 0.353 e. The first-order chi connectivity index (χ1) is 13.2. The summed E-state index contributed by atoms with van der Waals surface area (Å²) < 4.78 is 22.2. The van der Waals surface area contributed by atoms with E-state index in [-0.39, 0.29) is 6.79 Å². The molecule has 0 spiro atoms. The molecule has 5 nitrogen and oxygen atoms in total. The molecule has 1 aliphatic heterocycles. The normalized spacial score (nSPS) is 12.6. The van der Waals surface area contributed by atoms with Crippen LogP contribution in [0.4, 0.5) is 0 Å². The van der Waals surface area contributed by atoms with Gasteiger partial charge in [0.15, 0.2) is 11.5 Å². The van der Waals surface area contributed by atoms with Crippen molar-refractivity contribution in [2.75, 3.05) is 13.9 Å². The molecular formula is C22H18O5. The molecule has 5 heteroatoms. The van der Waals surface area contributed by atoms with Crippen LogP contribution >= 0.6 is 0 Å². The van der Waals surface area contributed by atoms with Crippen molar-refractivity contribution in [3.8, 4) is 17.2 Å². The molecule has 0 aliphatic carbocycles. The summed E-state index contributed by atoms with van der Waals surface area (Å²) in [6.07, 6.45) is 0. The van der Waals surface area contributed by atoms with Crippen molar-refractivity contribution < 1.29 is 23.7 Å². The zero-order valence-corrected chi connectivity index (χ0v) is 14.8. The lowest BCUT2D eigenvalue weighted by Gasteiger charge is -2.31. The second-order valence-electron chi connectivity index (χ2n) is 6.02. The summed E-state index contributed by atoms with van der Waals surface area (Å²) in [5.41, 5.74) is -0.0206. The summed E-state index contributed by atoms with van der Waals surface area (Å²) in [5, 5.41) is 0. The molecule has 136 valence electrons. The first-order valence-electron chi connectivity index (χ1n) is 8.52. The molecule has 0 atom stereocenters. The largest absolute Gasteiger partial charge is 0.454 e. The van der Waals surface area contributed by atoms with E-state index in [1.807, 2.05) is 60.7 Å². The number of ether oxygens (including phenoxy) is 4. The Labute approximate surface area is 157 Å². The summed E-state index contributed by atoms with van der Waals surface area (Å²) in [6.45, 7) is 0.156. The monoisotopic (exact) mass is 362 g/mol. The molecule has 0 saturated heterocycles. The lowest BCUT2D eigenvalue weighted by atomic mass is 9.86. The number of carbonyl (C=O) groups excluding carboxylic acids is 1. The minimum absolute atomic E-state index is 0.156. The molecule has 27 heavy (non-hydrogen) atoms. The predicted molar refractivity (Wildman–Crippen MR) is 98.9 cm³/mol. The molecule has 0 bridgehead atoms. The lowest BCUT2D eigenvalue weighted by Crippen LogP contribution is -2.42. The first kappa shape index (κ1) is 17.1. The number of esters is 1. The fourth-order valence-corrected chi connectivity index (χ4v) is 3.19. The Morgan fingerprint density at radius 2 is 1.44 bits per heavy atom. The minimum Gasteiger partial charge on any atom is -0.454 e. The SMILES string of the molecule is COC(C(=O)Oc1ccc2c(c1)OCO2)(c1ccccc1)c1ccccc1. The van der Waals surface area contributed by atoms with Crippen LogP contribution in [0.2, 0.25) is 0 Å². The van der Waals surface area contributed by atoms with Crippen molar-refractivity contribution >= 4 is 5.97 Å². The maximum Gasteiger partial charge on any atom is 0.353 e. The Balaban J connectivity index is 1.75. The molecule has 0 aromatic heterocycles. The zero-order chi connectivity index (χ0) is 18.7. The summed E-state index contributed by atoms with van der Waals surface area (Å²) in [7, 11) is 1.50. The van der Waals surface area contributed by atoms with E-state index < -0.39 is 11.6 Å². The third kappa shape index (κ3) is 3.02. The maximum atomic E-state index is 13.3. The van der Waals surface area contributed by atoms with E-state index in [4.69, 9.17) is 18.9 Å². The van der Waals surface area contributed by atoms with Crippen LogP contribution in [0.25, 0.3) is 0 Å². The van der Waals surface area contributed by atoms with E-state index >= 15 is 0 Å². The Morgan fingerprint density at radius 3 is 2.04 bits per heavy atom. The number of rotatable bonds is 5. The molecule has 3 aromatic carbocycles. The highest BCUT2D eigenvalue weighted by molar-refractivity contribution is 5.87. The number of methoxy groups -OCH3 is 1. The van der Waals surface area contributed by atoms with Crippen molar-refractivity contribution in [1.29, 1.82) is 0 Å². The van der Waals surface area contributed by atoms with Crippen LogP contribution in [-0.2, 0) is 15.1 Å². The summed E-state index contributed by atoms with van der Waals surface area (Å²) in [4.78, 5) is 13.3. The average molecular weight is 362 g/mol. The highest BCUT2D eigenvalue weighted by Gasteiger charge is 2.44. The number of hydrogen-bond acceptors (Lipinski definition) is 5. The molecule has 3 aromatic rings. The van der Waals surface area contributed by atoms with Crippen LogP contribution in [0.5, 0.6) is 17.2 Å². The maximum absolute atomic E-state index is 13.3. The Morgan fingerprint density at radius 1 is 0.852 bits per heavy atom. The molecular weight excluding hydrogens is 344 g/mol. The predicted octanol–water partition coefficient (Wildman–Crippen LogP) is 3.91. The number of fused-ring (bicyclic) bond motifs is 1. The highest BCUT2D eigenvalue weighted by Crippen LogP contribution is 2.38. The van der Waals surface area contributed by atoms with Gasteiger partial charge in [-0.1, -0.05) is 60.7 Å². The molecule has 0 fully saturated rings. The molecule has 0 saturated carbocycles. The van der Waals surface area contributed by atoms with Gasteiger partial charge in [-0.05, 0) is 23.3 Å². The molecule has 4 rings (SSSR count). The van der Waals surface area contributed by atoms with Crippen molar-refractivity contribution in [2.45, 2.75) is 5.60 Å². The van der Waals surface area contributed by atoms with Crippen molar-refractivity contribution in [3.05, 3.63) is 90.0 Å². The minimum atomic E-state index is -1.39. The van der Waals surface area contributed by atoms with Gasteiger partial charge in [0.2, 0.25) is 12.4 Å². The zero-order valence-electron chi connectivity index (χ0n) is 14.8. The van der Waals surface area contributed by atoms with Crippen molar-refractivity contribution in [2.24, 2.45) is 0 Å². The van der Waals surface area contributed by atoms with Gasteiger partial charge in [-0.15, -0.1) is 0 Å². The third-order valence-electron chi connectivity index (χ3n) is 4.51. The van der Waals surface area contributed by atoms with Crippen LogP contribution < -0.4 is 14.2 Å². The van der Waals surface area contributed by atoms with E-state index in [9.17, 15) is 4.79 Å². The molecule has 1 aliphatic rings. The van der Waals surface area contributed by atoms with Crippen LogP contribution in [0.1, 0.15) is 11.1 Å². The third-order valence-corrected chi connectivity index (χ3v) is 4.51. The van der Waals surface area contributed by atoms with Crippen molar-refractivity contribution in [1.82, 2.24) is 0 Å². The van der Waals surface area contributed by atoms with E-state index in [0.717, 1.165) is 0 Å². The van der Waals surface area contributed by atoms with Gasteiger partial charge in [0, 0.05) is 13.2 Å². The van der Waals surface area contributed by atoms with Crippen LogP contribution in [0.3, 0.4) is 0 Å². The lowest BCUT2D eigenvalue weighted by molar-refractivity contribution is -0.155. The van der Waals surface area contributed by atoms with Gasteiger partial charge in [0.05, 0.1) is 0 Å². The van der Waals surface area contributed by atoms with Crippen LogP contribution in [-0.4, -0.2) is 19.9 Å². The Bertz CT molecular complexity index is 898. The second kappa shape index (κ2) is 7.13. The second-order valence-corrected chi connectivity index (χ2v) is 6.02. The fourth-order valence-electron chi connectivity index (χ4n) is 3.19. The highest BCUT2D eigenvalue weighted by atomic mass is 16.7. The summed E-state index contributed by atoms with van der Waals surface area (Å²) in [6, 6.07) is 23.6. The van der Waals surface area contributed by atoms with Gasteiger partial charge < -0.3 is 18.9 Å². The topological polar surface area (TPSA) is 54.0 Å². The van der Waals surface area contributed by atoms with E-state index in [1.165, 1.54) is 7.11 Å². The van der Waals surface area contributed by atoms with Gasteiger partial charge in [-0.3, -0.25) is 0 Å². The number of carbonyl (C=O) groups is 1. The molecule has 0 unspecified atom stereocenters. The van der Waals surface area contributed by atoms with Gasteiger partial charge in [-0.2, -0.15) is 0 Å². The van der Waals surface area contributed by atoms with E-state index in [1.54, 1.807) is 18.2 Å². The van der Waals surface area contributed by atoms with Gasteiger partial charge in [0.1, 0.15) is 5.75 Å². The first-order valence-corrected chi connectivity index (χ1v) is 8.52. The number of benzene rings is 3. The van der Waals surface area contributed by atoms with Crippen molar-refractivity contribution in [3.63, 3.8) is 0 Å². The molecule has 0 amide bonds. The van der Waals surface area contributed by atoms with Crippen LogP contribution in [0.15, 0.2) is 78.9 Å². The molecule has 1 heterocycles. The van der Waals surface area contributed by atoms with E-state index in [2.05, 4.69) is 0 Å². The summed E-state index contributed by atoms with van der Waals surface area (Å²) in [5.74, 6) is 0.987. The Kier molecular flexibility index (Phi) is 4.52. The summed E-state index contributed by atoms with van der Waals surface area (Å²) >= 11 is 0. The van der Waals surface area contributed by atoms with Crippen LogP contribution in [0, 0.1) is 0 Å². The standard InChI is InChI=1S/C22H18O5/c1-24-22(16-8-4-2-5-9-16,17-10-6-3-7-11-17)21(23)27-18-12-13-19-20(14-18)26-15-25-19/h2-14H,15H2,1H3. The van der Waals surface area contributed by atoms with E-state index in [0.29, 0.717) is 28.4 Å². The Hall–Kier alpha value is -3.31. The van der Waals surface area contributed by atoms with Gasteiger partial charge in [-0.25, -0.2) is 4.79 Å².